The molecule has 0 radical (unpaired) electrons. The van der Waals surface area contributed by atoms with Crippen molar-refractivity contribution in [2.45, 2.75) is 25.7 Å². The first-order chi connectivity index (χ1) is 10.6. The van der Waals surface area contributed by atoms with E-state index in [1.807, 2.05) is 0 Å². The third kappa shape index (κ3) is 6.83. The molecule has 1 heterocycles. The number of amides is 1. The molecule has 1 aliphatic heterocycles. The molecule has 0 unspecified atom stereocenters. The van der Waals surface area contributed by atoms with E-state index >= 15 is 0 Å². The average Bonchev–Trinajstić information content (AvgIpc) is 3.00. The Morgan fingerprint density at radius 3 is 2.48 bits per heavy atom. The lowest BCUT2D eigenvalue weighted by molar-refractivity contribution is -0.384. The van der Waals surface area contributed by atoms with Crippen molar-refractivity contribution in [2.24, 2.45) is 0 Å². The van der Waals surface area contributed by atoms with E-state index in [1.54, 1.807) is 0 Å². The van der Waals surface area contributed by atoms with Crippen molar-refractivity contribution in [2.75, 3.05) is 26.2 Å². The van der Waals surface area contributed by atoms with Gasteiger partial charge in [-0.1, -0.05) is 0 Å². The summed E-state index contributed by atoms with van der Waals surface area (Å²) in [4.78, 5) is 24.0. The predicted octanol–water partition coefficient (Wildman–Crippen LogP) is 2.98. The van der Waals surface area contributed by atoms with Crippen LogP contribution < -0.4 is 10.1 Å². The molecule has 1 fully saturated rings. The van der Waals surface area contributed by atoms with Crippen LogP contribution in [0, 0.1) is 10.1 Å². The van der Waals surface area contributed by atoms with Crippen LogP contribution in [0.5, 0.6) is 5.75 Å². The van der Waals surface area contributed by atoms with Gasteiger partial charge < -0.3 is 15.0 Å². The summed E-state index contributed by atoms with van der Waals surface area (Å²) in [5.74, 6) is 0.292. The minimum absolute atomic E-state index is 0. The van der Waals surface area contributed by atoms with Crippen molar-refractivity contribution < 1.29 is 14.5 Å². The van der Waals surface area contributed by atoms with Gasteiger partial charge in [-0.15, -0.1) is 12.4 Å². The summed E-state index contributed by atoms with van der Waals surface area (Å²) >= 11 is 0. The van der Waals surface area contributed by atoms with Gasteiger partial charge >= 0.3 is 6.09 Å². The Morgan fingerprint density at radius 2 is 1.87 bits per heavy atom. The number of nitro groups is 1. The van der Waals surface area contributed by atoms with Crippen LogP contribution in [0.3, 0.4) is 0 Å². The number of carbonyl (C=O) groups is 1. The number of ether oxygens (including phenoxy) is 1. The van der Waals surface area contributed by atoms with E-state index in [4.69, 9.17) is 4.74 Å². The standard InChI is InChI=1S/C15H21N3O4.ClH/c19-15(16-9-1-2-10-17-11-3-4-12-17)22-14-7-5-13(6-8-14)18(20)21;/h5-8H,1-4,9-12H2,(H,16,19);1H. The van der Waals surface area contributed by atoms with Crippen molar-refractivity contribution >= 4 is 24.2 Å². The maximum atomic E-state index is 11.6. The molecule has 0 aromatic heterocycles. The molecule has 0 atom stereocenters. The van der Waals surface area contributed by atoms with E-state index in [2.05, 4.69) is 10.2 Å². The zero-order valence-corrected chi connectivity index (χ0v) is 13.7. The Morgan fingerprint density at radius 1 is 1.22 bits per heavy atom. The number of hydrogen-bond donors (Lipinski definition) is 1. The number of nitrogens with one attached hydrogen (secondary N) is 1. The van der Waals surface area contributed by atoms with Gasteiger partial charge in [-0.05, 0) is 57.5 Å². The fourth-order valence-corrected chi connectivity index (χ4v) is 2.44. The number of nitrogens with zero attached hydrogens (tertiary/aromatic N) is 2. The van der Waals surface area contributed by atoms with E-state index in [1.165, 1.54) is 50.2 Å². The third-order valence-corrected chi connectivity index (χ3v) is 3.63. The smallest absolute Gasteiger partial charge is 0.410 e. The summed E-state index contributed by atoms with van der Waals surface area (Å²) in [5, 5.41) is 13.2. The summed E-state index contributed by atoms with van der Waals surface area (Å²) in [7, 11) is 0. The Labute approximate surface area is 141 Å². The number of carbonyl (C=O) groups excluding carboxylic acids is 1. The Hall–Kier alpha value is -1.86. The van der Waals surface area contributed by atoms with Gasteiger partial charge in [-0.2, -0.15) is 0 Å². The summed E-state index contributed by atoms with van der Waals surface area (Å²) < 4.78 is 5.05. The van der Waals surface area contributed by atoms with Gasteiger partial charge in [0.2, 0.25) is 0 Å². The number of hydrogen-bond acceptors (Lipinski definition) is 5. The molecule has 1 aliphatic rings. The molecular weight excluding hydrogens is 322 g/mol. The van der Waals surface area contributed by atoms with Gasteiger partial charge in [-0.25, -0.2) is 4.79 Å². The van der Waals surface area contributed by atoms with Crippen molar-refractivity contribution in [3.05, 3.63) is 34.4 Å². The average molecular weight is 344 g/mol. The van der Waals surface area contributed by atoms with E-state index in [0.29, 0.717) is 12.3 Å². The topological polar surface area (TPSA) is 84.7 Å². The molecule has 23 heavy (non-hydrogen) atoms. The molecule has 1 aromatic rings. The fourth-order valence-electron chi connectivity index (χ4n) is 2.44. The van der Waals surface area contributed by atoms with E-state index in [9.17, 15) is 14.9 Å². The number of rotatable bonds is 7. The van der Waals surface area contributed by atoms with Gasteiger partial charge in [0.05, 0.1) is 4.92 Å². The third-order valence-electron chi connectivity index (χ3n) is 3.63. The predicted molar refractivity (Wildman–Crippen MR) is 89.3 cm³/mol. The molecular formula is C15H22ClN3O4. The highest BCUT2D eigenvalue weighted by Gasteiger charge is 2.10. The lowest BCUT2D eigenvalue weighted by Crippen LogP contribution is -2.28. The molecule has 0 aliphatic carbocycles. The second-order valence-electron chi connectivity index (χ2n) is 5.32. The first kappa shape index (κ1) is 19.2. The Bertz CT molecular complexity index is 504. The minimum atomic E-state index is -0.532. The highest BCUT2D eigenvalue weighted by atomic mass is 35.5. The largest absolute Gasteiger partial charge is 0.412 e. The number of benzene rings is 1. The molecule has 1 amide bonds. The molecule has 1 aromatic carbocycles. The molecule has 2 rings (SSSR count). The van der Waals surface area contributed by atoms with Crippen molar-refractivity contribution in [3.63, 3.8) is 0 Å². The zero-order valence-electron chi connectivity index (χ0n) is 12.9. The van der Waals surface area contributed by atoms with Crippen LogP contribution in [0.4, 0.5) is 10.5 Å². The normalized spacial score (nSPS) is 14.1. The second-order valence-corrected chi connectivity index (χ2v) is 5.32. The van der Waals surface area contributed by atoms with E-state index in [0.717, 1.165) is 19.4 Å². The lowest BCUT2D eigenvalue weighted by atomic mass is 10.3. The summed E-state index contributed by atoms with van der Waals surface area (Å²) in [6.45, 7) is 4.03. The Balaban J connectivity index is 0.00000264. The maximum Gasteiger partial charge on any atom is 0.412 e. The van der Waals surface area contributed by atoms with Crippen LogP contribution in [0.1, 0.15) is 25.7 Å². The molecule has 1 N–H and O–H groups in total. The van der Waals surface area contributed by atoms with Crippen LogP contribution in [0.25, 0.3) is 0 Å². The first-order valence-electron chi connectivity index (χ1n) is 7.57. The molecule has 8 heteroatoms. The first-order valence-corrected chi connectivity index (χ1v) is 7.57. The van der Waals surface area contributed by atoms with Crippen LogP contribution in [-0.4, -0.2) is 42.1 Å². The van der Waals surface area contributed by atoms with Crippen LogP contribution in [0.15, 0.2) is 24.3 Å². The molecule has 0 spiro atoms. The van der Waals surface area contributed by atoms with Gasteiger partial charge in [0, 0.05) is 18.7 Å². The molecule has 128 valence electrons. The van der Waals surface area contributed by atoms with Gasteiger partial charge in [0.15, 0.2) is 0 Å². The molecule has 0 bridgehead atoms. The van der Waals surface area contributed by atoms with Gasteiger partial charge in [-0.3, -0.25) is 10.1 Å². The fraction of sp³-hybridized carbons (Fsp3) is 0.533. The highest BCUT2D eigenvalue weighted by molar-refractivity contribution is 5.85. The SMILES string of the molecule is Cl.O=C(NCCCCN1CCCC1)Oc1ccc([N+](=O)[O-])cc1. The number of likely N-dealkylation sites (tertiary alicyclic amines) is 1. The van der Waals surface area contributed by atoms with E-state index < -0.39 is 11.0 Å². The van der Waals surface area contributed by atoms with Crippen LogP contribution >= 0.6 is 12.4 Å². The number of non-ortho nitro benzene ring substituents is 1. The summed E-state index contributed by atoms with van der Waals surface area (Å²) in [6, 6.07) is 5.42. The summed E-state index contributed by atoms with van der Waals surface area (Å²) in [5.41, 5.74) is -0.0327. The number of nitro benzene ring substituents is 1. The van der Waals surface area contributed by atoms with Crippen molar-refractivity contribution in [1.82, 2.24) is 10.2 Å². The monoisotopic (exact) mass is 343 g/mol. The maximum absolute atomic E-state index is 11.6. The minimum Gasteiger partial charge on any atom is -0.410 e. The van der Waals surface area contributed by atoms with Crippen molar-refractivity contribution in [3.8, 4) is 5.75 Å². The number of unbranched alkanes of at least 4 members (excludes halogenated alkanes) is 1. The highest BCUT2D eigenvalue weighted by Crippen LogP contribution is 2.17. The van der Waals surface area contributed by atoms with Crippen LogP contribution in [-0.2, 0) is 0 Å². The van der Waals surface area contributed by atoms with Crippen molar-refractivity contribution in [1.29, 1.82) is 0 Å². The quantitative estimate of drug-likeness (QED) is 0.467. The van der Waals surface area contributed by atoms with Gasteiger partial charge in [0.1, 0.15) is 5.75 Å². The summed E-state index contributed by atoms with van der Waals surface area (Å²) in [6.07, 6.45) is 4.01. The molecule has 1 saturated heterocycles. The Kier molecular flexibility index (Phi) is 8.36. The zero-order chi connectivity index (χ0) is 15.8. The van der Waals surface area contributed by atoms with E-state index in [-0.39, 0.29) is 18.1 Å². The van der Waals surface area contributed by atoms with Crippen LogP contribution in [0.2, 0.25) is 0 Å². The molecule has 0 saturated carbocycles. The number of halogens is 1. The molecule has 7 nitrogen and oxygen atoms in total. The van der Waals surface area contributed by atoms with Gasteiger partial charge in [0.25, 0.3) is 5.69 Å². The second kappa shape index (κ2) is 10.0. The lowest BCUT2D eigenvalue weighted by Gasteiger charge is -2.13.